The van der Waals surface area contributed by atoms with Gasteiger partial charge in [0, 0.05) is 22.5 Å². The molecule has 2 aromatic rings. The van der Waals surface area contributed by atoms with Crippen LogP contribution < -0.4 is 5.32 Å². The molecule has 0 aliphatic carbocycles. The van der Waals surface area contributed by atoms with Crippen LogP contribution in [0.2, 0.25) is 0 Å². The molecule has 1 aromatic heterocycles. The van der Waals surface area contributed by atoms with Crippen molar-refractivity contribution in [3.8, 4) is 0 Å². The predicted molar refractivity (Wildman–Crippen MR) is 90.9 cm³/mol. The Morgan fingerprint density at radius 1 is 1.35 bits per heavy atom. The molecule has 3 aliphatic heterocycles. The number of piperidine rings is 3. The van der Waals surface area contributed by atoms with Gasteiger partial charge in [0.25, 0.3) is 5.91 Å². The van der Waals surface area contributed by atoms with Crippen molar-refractivity contribution in [3.63, 3.8) is 0 Å². The van der Waals surface area contributed by atoms with Gasteiger partial charge >= 0.3 is 0 Å². The lowest BCUT2D eigenvalue weighted by Gasteiger charge is -2.56. The molecule has 0 spiro atoms. The molecule has 124 valence electrons. The van der Waals surface area contributed by atoms with Gasteiger partial charge in [-0.1, -0.05) is 5.16 Å². The Morgan fingerprint density at radius 2 is 2.09 bits per heavy atom. The quantitative estimate of drug-likeness (QED) is 0.916. The molecule has 4 heterocycles. The molecule has 5 rings (SSSR count). The molecule has 1 amide bonds. The summed E-state index contributed by atoms with van der Waals surface area (Å²) in [5, 5.41) is 7.90. The van der Waals surface area contributed by atoms with Gasteiger partial charge in [0.15, 0.2) is 5.58 Å². The maximum atomic E-state index is 12.7. The normalized spacial score (nSPS) is 28.3. The molecule has 1 N–H and O–H groups in total. The maximum Gasteiger partial charge on any atom is 0.251 e. The van der Waals surface area contributed by atoms with Crippen LogP contribution >= 0.6 is 12.4 Å². The number of nitrogens with one attached hydrogen (secondary N) is 1. The van der Waals surface area contributed by atoms with Crippen molar-refractivity contribution < 1.29 is 9.32 Å². The van der Waals surface area contributed by atoms with E-state index in [9.17, 15) is 4.79 Å². The Labute approximate surface area is 141 Å². The molecule has 3 aliphatic rings. The molecule has 6 heteroatoms. The number of carbonyl (C=O) groups excluding carboxylic acids is 1. The fourth-order valence-electron chi connectivity index (χ4n) is 4.12. The summed E-state index contributed by atoms with van der Waals surface area (Å²) >= 11 is 0. The molecule has 0 radical (unpaired) electrons. The summed E-state index contributed by atoms with van der Waals surface area (Å²) < 4.78 is 5.09. The zero-order valence-corrected chi connectivity index (χ0v) is 14.2. The number of hydrogen-bond donors (Lipinski definition) is 1. The summed E-state index contributed by atoms with van der Waals surface area (Å²) in [6, 6.07) is 5.66. The first kappa shape index (κ1) is 16.3. The van der Waals surface area contributed by atoms with Gasteiger partial charge in [0.2, 0.25) is 0 Å². The van der Waals surface area contributed by atoms with Gasteiger partial charge in [0.1, 0.15) is 0 Å². The fourth-order valence-corrected chi connectivity index (χ4v) is 4.12. The van der Waals surface area contributed by atoms with E-state index in [0.29, 0.717) is 17.1 Å². The predicted octanol–water partition coefficient (Wildman–Crippen LogP) is 2.85. The minimum absolute atomic E-state index is 0. The first-order chi connectivity index (χ1) is 10.6. The molecular formula is C17H22ClN3O2. The van der Waals surface area contributed by atoms with Crippen molar-refractivity contribution in [2.24, 2.45) is 5.92 Å². The van der Waals surface area contributed by atoms with Crippen LogP contribution in [0.25, 0.3) is 11.0 Å². The summed E-state index contributed by atoms with van der Waals surface area (Å²) in [6.07, 6.45) is 4.00. The second-order valence-electron chi connectivity index (χ2n) is 7.01. The molecule has 3 fully saturated rings. The third kappa shape index (κ3) is 2.62. The van der Waals surface area contributed by atoms with Crippen molar-refractivity contribution in [2.45, 2.75) is 38.3 Å². The van der Waals surface area contributed by atoms with Crippen molar-refractivity contribution in [2.75, 3.05) is 13.1 Å². The van der Waals surface area contributed by atoms with E-state index >= 15 is 0 Å². The molecule has 0 unspecified atom stereocenters. The van der Waals surface area contributed by atoms with Crippen LogP contribution in [0, 0.1) is 5.92 Å². The smallest absolute Gasteiger partial charge is 0.251 e. The van der Waals surface area contributed by atoms with E-state index in [-0.39, 0.29) is 29.9 Å². The number of hydrogen-bond acceptors (Lipinski definition) is 4. The summed E-state index contributed by atoms with van der Waals surface area (Å²) in [5.41, 5.74) is 1.40. The number of aromatic nitrogens is 1. The van der Waals surface area contributed by atoms with Crippen molar-refractivity contribution in [1.82, 2.24) is 15.4 Å². The average molecular weight is 336 g/mol. The molecule has 1 aromatic carbocycles. The fraction of sp³-hybridized carbons (Fsp3) is 0.529. The highest BCUT2D eigenvalue weighted by Gasteiger charge is 2.48. The van der Waals surface area contributed by atoms with Crippen LogP contribution in [-0.2, 0) is 0 Å². The monoisotopic (exact) mass is 335 g/mol. The zero-order chi connectivity index (χ0) is 15.3. The SMILES string of the molecule is CC1(C)[C@H](NC(=O)c2ccc3oncc3c2)C2CCN1CC2.Cl. The summed E-state index contributed by atoms with van der Waals surface area (Å²) in [5.74, 6) is 0.582. The van der Waals surface area contributed by atoms with E-state index in [4.69, 9.17) is 4.52 Å². The highest BCUT2D eigenvalue weighted by atomic mass is 35.5. The third-order valence-corrected chi connectivity index (χ3v) is 5.49. The summed E-state index contributed by atoms with van der Waals surface area (Å²) in [6.45, 7) is 6.78. The third-order valence-electron chi connectivity index (χ3n) is 5.49. The van der Waals surface area contributed by atoms with E-state index in [0.717, 1.165) is 18.5 Å². The first-order valence-corrected chi connectivity index (χ1v) is 7.96. The van der Waals surface area contributed by atoms with E-state index in [1.807, 2.05) is 6.07 Å². The average Bonchev–Trinajstić information content (AvgIpc) is 2.98. The van der Waals surface area contributed by atoms with Crippen molar-refractivity contribution in [1.29, 1.82) is 0 Å². The second-order valence-corrected chi connectivity index (χ2v) is 7.01. The van der Waals surface area contributed by atoms with Gasteiger partial charge in [-0.25, -0.2) is 0 Å². The van der Waals surface area contributed by atoms with Crippen LogP contribution in [0.5, 0.6) is 0 Å². The molecule has 3 saturated heterocycles. The molecule has 5 nitrogen and oxygen atoms in total. The number of carbonyl (C=O) groups is 1. The Morgan fingerprint density at radius 3 is 2.78 bits per heavy atom. The molecular weight excluding hydrogens is 314 g/mol. The highest BCUT2D eigenvalue weighted by molar-refractivity contribution is 5.97. The largest absolute Gasteiger partial charge is 0.356 e. The van der Waals surface area contributed by atoms with Gasteiger partial charge in [0.05, 0.1) is 6.20 Å². The molecule has 0 saturated carbocycles. The molecule has 2 bridgehead atoms. The number of rotatable bonds is 2. The van der Waals surface area contributed by atoms with E-state index in [1.165, 1.54) is 12.8 Å². The van der Waals surface area contributed by atoms with Crippen molar-refractivity contribution in [3.05, 3.63) is 30.0 Å². The summed E-state index contributed by atoms with van der Waals surface area (Å²) in [4.78, 5) is 15.2. The van der Waals surface area contributed by atoms with Gasteiger partial charge in [-0.2, -0.15) is 0 Å². The van der Waals surface area contributed by atoms with Gasteiger partial charge in [-0.15, -0.1) is 12.4 Å². The minimum atomic E-state index is -0.00470. The van der Waals surface area contributed by atoms with Crippen LogP contribution in [0.15, 0.2) is 28.9 Å². The van der Waals surface area contributed by atoms with Crippen LogP contribution in [0.4, 0.5) is 0 Å². The number of halogens is 1. The Kier molecular flexibility index (Phi) is 4.10. The standard InChI is InChI=1S/C17H21N3O2.ClH/c1-17(2)15(11-5-7-20(17)8-6-11)19-16(21)12-3-4-14-13(9-12)10-18-22-14;/h3-4,9-11,15H,5-8H2,1-2H3,(H,19,21);1H/t15-;/m1./s1. The lowest BCUT2D eigenvalue weighted by molar-refractivity contribution is -0.0378. The van der Waals surface area contributed by atoms with E-state index in [2.05, 4.69) is 29.2 Å². The van der Waals surface area contributed by atoms with Gasteiger partial charge in [-0.05, 0) is 63.9 Å². The molecule has 23 heavy (non-hydrogen) atoms. The summed E-state index contributed by atoms with van der Waals surface area (Å²) in [7, 11) is 0. The second kappa shape index (κ2) is 5.80. The zero-order valence-electron chi connectivity index (χ0n) is 13.4. The van der Waals surface area contributed by atoms with Crippen LogP contribution in [0.1, 0.15) is 37.0 Å². The highest BCUT2D eigenvalue weighted by Crippen LogP contribution is 2.39. The number of benzene rings is 1. The molecule has 1 atom stereocenters. The lowest BCUT2D eigenvalue weighted by Crippen LogP contribution is -2.69. The Bertz CT molecular complexity index is 719. The number of amides is 1. The maximum absolute atomic E-state index is 12.7. The number of fused-ring (bicyclic) bond motifs is 4. The van der Waals surface area contributed by atoms with Crippen LogP contribution in [-0.4, -0.2) is 40.6 Å². The van der Waals surface area contributed by atoms with Gasteiger partial charge < -0.3 is 9.84 Å². The first-order valence-electron chi connectivity index (χ1n) is 7.96. The van der Waals surface area contributed by atoms with Gasteiger partial charge in [-0.3, -0.25) is 9.69 Å². The minimum Gasteiger partial charge on any atom is -0.356 e. The Balaban J connectivity index is 0.00000156. The van der Waals surface area contributed by atoms with Crippen LogP contribution in [0.3, 0.4) is 0 Å². The Hall–Kier alpha value is -1.59. The number of nitrogens with zero attached hydrogens (tertiary/aromatic N) is 2. The van der Waals surface area contributed by atoms with E-state index < -0.39 is 0 Å². The van der Waals surface area contributed by atoms with Crippen molar-refractivity contribution >= 4 is 29.3 Å². The topological polar surface area (TPSA) is 58.4 Å². The van der Waals surface area contributed by atoms with E-state index in [1.54, 1.807) is 18.3 Å². The lowest BCUT2D eigenvalue weighted by atomic mass is 9.72.